The van der Waals surface area contributed by atoms with Crippen molar-refractivity contribution < 1.29 is 0 Å². The number of fused-ring (bicyclic) bond motifs is 4. The fourth-order valence-corrected chi connectivity index (χ4v) is 8.14. The molecule has 0 saturated carbocycles. The van der Waals surface area contributed by atoms with E-state index in [2.05, 4.69) is 141 Å². The molecule has 2 aromatic heterocycles. The molecule has 7 rings (SSSR count). The molecule has 0 bridgehead atoms. The van der Waals surface area contributed by atoms with E-state index >= 15 is 0 Å². The lowest BCUT2D eigenvalue weighted by molar-refractivity contribution is 0.590. The first-order valence-corrected chi connectivity index (χ1v) is 17.7. The van der Waals surface area contributed by atoms with E-state index in [4.69, 9.17) is 0 Å². The van der Waals surface area contributed by atoms with Crippen LogP contribution in [0.2, 0.25) is 0 Å². The fraction of sp³-hybridized carbons (Fsp3) is 0.304. The maximum Gasteiger partial charge on any atom is 0.197 e. The van der Waals surface area contributed by atoms with Crippen LogP contribution in [0.5, 0.6) is 0 Å². The number of hydrogen-bond acceptors (Lipinski definition) is 2. The van der Waals surface area contributed by atoms with Crippen molar-refractivity contribution in [2.45, 2.75) is 93.9 Å². The molecule has 254 valence electrons. The largest absolute Gasteiger partial charge is 0.308 e. The monoisotopic (exact) mass is 660 g/mol. The summed E-state index contributed by atoms with van der Waals surface area (Å²) in [4.78, 5) is 29.5. The van der Waals surface area contributed by atoms with Gasteiger partial charge in [-0.25, -0.2) is 0 Å². The second-order valence-electron chi connectivity index (χ2n) is 16.7. The Bertz CT molecular complexity index is 2470. The number of nitrogens with zero attached hydrogens (tertiary/aromatic N) is 2. The summed E-state index contributed by atoms with van der Waals surface area (Å²) in [6.45, 7) is 25.9. The molecule has 2 heterocycles. The summed E-state index contributed by atoms with van der Waals surface area (Å²) in [5, 5.41) is 2.51. The molecule has 0 N–H and O–H groups in total. The first-order valence-electron chi connectivity index (χ1n) is 17.7. The lowest BCUT2D eigenvalue weighted by Gasteiger charge is -2.25. The van der Waals surface area contributed by atoms with Gasteiger partial charge in [0.25, 0.3) is 0 Å². The molecule has 0 atom stereocenters. The lowest BCUT2D eigenvalue weighted by Crippen LogP contribution is -2.18. The van der Waals surface area contributed by atoms with Crippen LogP contribution in [0.4, 0.5) is 0 Å². The van der Waals surface area contributed by atoms with E-state index in [1.165, 1.54) is 11.1 Å². The third-order valence-corrected chi connectivity index (χ3v) is 10.5. The smallest absolute Gasteiger partial charge is 0.197 e. The van der Waals surface area contributed by atoms with Crippen LogP contribution in [0.15, 0.2) is 82.4 Å². The molecule has 0 radical (unpaired) electrons. The van der Waals surface area contributed by atoms with Crippen LogP contribution in [0, 0.1) is 41.5 Å². The molecule has 0 unspecified atom stereocenters. The highest BCUT2D eigenvalue weighted by molar-refractivity contribution is 6.06. The Hall–Kier alpha value is -4.96. The number of rotatable bonds is 2. The van der Waals surface area contributed by atoms with Gasteiger partial charge in [-0.2, -0.15) is 0 Å². The van der Waals surface area contributed by atoms with Gasteiger partial charge in [0, 0.05) is 21.5 Å². The van der Waals surface area contributed by atoms with Crippen LogP contribution in [0.1, 0.15) is 86.1 Å². The molecule has 50 heavy (non-hydrogen) atoms. The fourth-order valence-electron chi connectivity index (χ4n) is 8.14. The van der Waals surface area contributed by atoms with Gasteiger partial charge in [-0.05, 0) is 122 Å². The van der Waals surface area contributed by atoms with Crippen LogP contribution in [0.25, 0.3) is 55.0 Å². The molecule has 0 amide bonds. The Morgan fingerprint density at radius 1 is 0.400 bits per heavy atom. The van der Waals surface area contributed by atoms with Gasteiger partial charge in [0.2, 0.25) is 0 Å². The average molecular weight is 661 g/mol. The van der Waals surface area contributed by atoms with E-state index in [-0.39, 0.29) is 21.7 Å². The number of pyridine rings is 2. The highest BCUT2D eigenvalue weighted by Gasteiger charge is 2.24. The second-order valence-corrected chi connectivity index (χ2v) is 16.7. The minimum Gasteiger partial charge on any atom is -0.308 e. The summed E-state index contributed by atoms with van der Waals surface area (Å²) in [5.74, 6) is 0. The van der Waals surface area contributed by atoms with Gasteiger partial charge >= 0.3 is 0 Å². The third-order valence-electron chi connectivity index (χ3n) is 10.5. The molecule has 0 aliphatic heterocycles. The van der Waals surface area contributed by atoms with Crippen LogP contribution in [-0.2, 0) is 10.8 Å². The number of aromatic nitrogens is 2. The van der Waals surface area contributed by atoms with Crippen LogP contribution < -0.4 is 10.9 Å². The van der Waals surface area contributed by atoms with Gasteiger partial charge in [-0.15, -0.1) is 0 Å². The van der Waals surface area contributed by atoms with Crippen molar-refractivity contribution in [3.05, 3.63) is 138 Å². The minimum absolute atomic E-state index is 0.0316. The highest BCUT2D eigenvalue weighted by atomic mass is 16.1. The van der Waals surface area contributed by atoms with Crippen molar-refractivity contribution in [1.82, 2.24) is 9.13 Å². The van der Waals surface area contributed by atoms with Gasteiger partial charge in [-0.3, -0.25) is 9.59 Å². The molecular formula is C46H48N2O2. The summed E-state index contributed by atoms with van der Waals surface area (Å²) in [7, 11) is 0. The summed E-state index contributed by atoms with van der Waals surface area (Å²) in [6, 6.07) is 25.3. The van der Waals surface area contributed by atoms with E-state index in [9.17, 15) is 9.59 Å². The zero-order chi connectivity index (χ0) is 36.2. The van der Waals surface area contributed by atoms with Gasteiger partial charge in [-0.1, -0.05) is 89.1 Å². The summed E-state index contributed by atoms with van der Waals surface area (Å²) < 4.78 is 4.48. The molecule has 0 saturated heterocycles. The Kier molecular flexibility index (Phi) is 7.57. The van der Waals surface area contributed by atoms with Gasteiger partial charge in [0.05, 0.1) is 33.4 Å². The molecule has 0 spiro atoms. The van der Waals surface area contributed by atoms with Crippen molar-refractivity contribution in [2.75, 3.05) is 0 Å². The molecule has 7 aromatic rings. The van der Waals surface area contributed by atoms with Crippen LogP contribution in [-0.4, -0.2) is 9.13 Å². The normalized spacial score (nSPS) is 12.6. The van der Waals surface area contributed by atoms with Crippen LogP contribution in [0.3, 0.4) is 0 Å². The molecule has 4 nitrogen and oxygen atoms in total. The van der Waals surface area contributed by atoms with Gasteiger partial charge < -0.3 is 9.13 Å². The molecule has 0 aliphatic rings. The summed E-state index contributed by atoms with van der Waals surface area (Å²) >= 11 is 0. The molecule has 5 aromatic carbocycles. The van der Waals surface area contributed by atoms with Crippen molar-refractivity contribution in [3.8, 4) is 11.4 Å². The predicted octanol–water partition coefficient (Wildman–Crippen LogP) is 11.0. The second kappa shape index (κ2) is 11.3. The van der Waals surface area contributed by atoms with Crippen molar-refractivity contribution in [2.24, 2.45) is 0 Å². The van der Waals surface area contributed by atoms with Crippen molar-refractivity contribution in [3.63, 3.8) is 0 Å². The van der Waals surface area contributed by atoms with E-state index in [0.29, 0.717) is 21.5 Å². The van der Waals surface area contributed by atoms with Crippen LogP contribution >= 0.6 is 0 Å². The van der Waals surface area contributed by atoms with E-state index < -0.39 is 0 Å². The lowest BCUT2D eigenvalue weighted by atomic mass is 9.86. The topological polar surface area (TPSA) is 44.0 Å². The Morgan fingerprint density at radius 3 is 1.00 bits per heavy atom. The SMILES string of the molecule is Cc1cc(C)c(-n2c3cc(C(C)(C)C)ccc3c(=O)c3cc4c(cc32)c(=O)c2ccc(C(C)(C)C)cc2n4-c2c(C)cc(C)cc2C)c(C)c1. The Labute approximate surface area is 295 Å². The Balaban J connectivity index is 1.78. The molecular weight excluding hydrogens is 613 g/mol. The summed E-state index contributed by atoms with van der Waals surface area (Å²) in [6.07, 6.45) is 0. The zero-order valence-electron chi connectivity index (χ0n) is 31.6. The van der Waals surface area contributed by atoms with Gasteiger partial charge in [0.15, 0.2) is 10.9 Å². The number of benzene rings is 5. The van der Waals surface area contributed by atoms with Crippen molar-refractivity contribution in [1.29, 1.82) is 0 Å². The number of aryl methyl sites for hydroxylation is 6. The van der Waals surface area contributed by atoms with Crippen molar-refractivity contribution >= 4 is 43.6 Å². The van der Waals surface area contributed by atoms with E-state index in [1.807, 2.05) is 24.3 Å². The van der Waals surface area contributed by atoms with Gasteiger partial charge in [0.1, 0.15) is 0 Å². The maximum atomic E-state index is 14.8. The zero-order valence-corrected chi connectivity index (χ0v) is 31.6. The molecule has 4 heteroatoms. The average Bonchev–Trinajstić information content (AvgIpc) is 3.01. The quantitative estimate of drug-likeness (QED) is 0.173. The van der Waals surface area contributed by atoms with E-state index in [1.54, 1.807) is 0 Å². The number of hydrogen-bond donors (Lipinski definition) is 0. The molecule has 0 fully saturated rings. The third kappa shape index (κ3) is 5.19. The predicted molar refractivity (Wildman–Crippen MR) is 213 cm³/mol. The maximum absolute atomic E-state index is 14.8. The summed E-state index contributed by atoms with van der Waals surface area (Å²) in [5.41, 5.74) is 14.1. The van der Waals surface area contributed by atoms with E-state index in [0.717, 1.165) is 66.8 Å². The highest BCUT2D eigenvalue weighted by Crippen LogP contribution is 2.36. The standard InChI is InChI=1S/C46H48N2O2/c1-25-17-27(3)41(28(4)18-25)47-37-21-31(45(7,8)9)13-15-33(37)43(49)35-24-40-36(23-39(35)47)44(50)34-16-14-32(46(10,11)12)22-38(34)48(40)42-29(5)19-26(2)20-30(42)6/h13-24H,1-12H3. The molecule has 0 aliphatic carbocycles. The Morgan fingerprint density at radius 2 is 0.700 bits per heavy atom. The first kappa shape index (κ1) is 33.5. The minimum atomic E-state index is -0.118. The first-order chi connectivity index (χ1) is 23.4.